The van der Waals surface area contributed by atoms with Gasteiger partial charge in [-0.2, -0.15) is 0 Å². The molecule has 5 heteroatoms. The minimum atomic E-state index is -0.265. The Morgan fingerprint density at radius 2 is 2.09 bits per heavy atom. The molecule has 1 aromatic carbocycles. The number of carbonyl (C=O) groups is 1. The van der Waals surface area contributed by atoms with E-state index in [0.29, 0.717) is 22.9 Å². The Morgan fingerprint density at radius 3 is 2.83 bits per heavy atom. The lowest BCUT2D eigenvalue weighted by molar-refractivity contribution is -0.132. The van der Waals surface area contributed by atoms with Crippen molar-refractivity contribution in [1.29, 1.82) is 0 Å². The summed E-state index contributed by atoms with van der Waals surface area (Å²) in [7, 11) is 0. The van der Waals surface area contributed by atoms with Gasteiger partial charge in [0.2, 0.25) is 5.91 Å². The number of benzene rings is 1. The summed E-state index contributed by atoms with van der Waals surface area (Å²) in [5, 5.41) is 0. The molecule has 1 aromatic heterocycles. The molecule has 0 spiro atoms. The third kappa shape index (κ3) is 3.78. The van der Waals surface area contributed by atoms with Crippen LogP contribution in [-0.2, 0) is 11.2 Å². The van der Waals surface area contributed by atoms with Crippen LogP contribution in [-0.4, -0.2) is 22.3 Å². The number of hydrogen-bond donors (Lipinski definition) is 0. The van der Waals surface area contributed by atoms with Gasteiger partial charge in [-0.25, -0.2) is 4.39 Å². The van der Waals surface area contributed by atoms with Crippen molar-refractivity contribution in [1.82, 2.24) is 9.88 Å². The summed E-state index contributed by atoms with van der Waals surface area (Å²) in [6.45, 7) is 0.772. The maximum Gasteiger partial charge on any atom is 0.223 e. The van der Waals surface area contributed by atoms with E-state index in [2.05, 4.69) is 20.9 Å². The van der Waals surface area contributed by atoms with Crippen LogP contribution >= 0.6 is 15.9 Å². The molecule has 1 amide bonds. The van der Waals surface area contributed by atoms with Gasteiger partial charge in [0.05, 0.1) is 6.04 Å². The molecule has 3 nitrogen and oxygen atoms in total. The topological polar surface area (TPSA) is 33.2 Å². The van der Waals surface area contributed by atoms with Gasteiger partial charge >= 0.3 is 0 Å². The second-order valence-corrected chi connectivity index (χ2v) is 6.68. The number of carbonyl (C=O) groups excluding carboxylic acids is 1. The fourth-order valence-corrected chi connectivity index (χ4v) is 3.44. The summed E-state index contributed by atoms with van der Waals surface area (Å²) in [5.74, 6) is -0.175. The smallest absolute Gasteiger partial charge is 0.223 e. The summed E-state index contributed by atoms with van der Waals surface area (Å²) in [6, 6.07) is 9.03. The van der Waals surface area contributed by atoms with Gasteiger partial charge in [-0.15, -0.1) is 0 Å². The highest BCUT2D eigenvalue weighted by molar-refractivity contribution is 9.10. The Hall–Kier alpha value is -1.75. The molecule has 1 aliphatic rings. The van der Waals surface area contributed by atoms with E-state index in [1.54, 1.807) is 24.5 Å². The van der Waals surface area contributed by atoms with Crippen LogP contribution in [0.1, 0.15) is 36.4 Å². The SMILES string of the molecule is O=C(CCc1ccc(Br)cc1F)N1CCC[C@@H]1c1ccncc1. The Balaban J connectivity index is 1.65. The lowest BCUT2D eigenvalue weighted by Crippen LogP contribution is -2.30. The number of rotatable bonds is 4. The van der Waals surface area contributed by atoms with E-state index < -0.39 is 0 Å². The van der Waals surface area contributed by atoms with E-state index in [1.165, 1.54) is 6.07 Å². The number of aromatic nitrogens is 1. The van der Waals surface area contributed by atoms with Gasteiger partial charge in [0.25, 0.3) is 0 Å². The molecule has 0 bridgehead atoms. The van der Waals surface area contributed by atoms with E-state index in [0.717, 1.165) is 24.9 Å². The van der Waals surface area contributed by atoms with Gasteiger partial charge in [0.1, 0.15) is 5.82 Å². The second-order valence-electron chi connectivity index (χ2n) is 5.76. The number of pyridine rings is 1. The van der Waals surface area contributed by atoms with E-state index >= 15 is 0 Å². The third-order valence-corrected chi connectivity index (χ3v) is 4.78. The first-order valence-corrected chi connectivity index (χ1v) is 8.58. The van der Waals surface area contributed by atoms with Crippen LogP contribution in [0.3, 0.4) is 0 Å². The van der Waals surface area contributed by atoms with Crippen LogP contribution in [0.2, 0.25) is 0 Å². The molecule has 1 fully saturated rings. The van der Waals surface area contributed by atoms with Crippen molar-refractivity contribution in [2.45, 2.75) is 31.7 Å². The molecule has 0 unspecified atom stereocenters. The monoisotopic (exact) mass is 376 g/mol. The molecule has 0 aliphatic carbocycles. The fourth-order valence-electron chi connectivity index (χ4n) is 3.11. The van der Waals surface area contributed by atoms with E-state index in [9.17, 15) is 9.18 Å². The highest BCUT2D eigenvalue weighted by Gasteiger charge is 2.29. The standard InChI is InChI=1S/C18H18BrFN2O/c19-15-5-3-13(16(20)12-15)4-6-18(23)22-11-1-2-17(22)14-7-9-21-10-8-14/h3,5,7-10,12,17H,1-2,4,6,11H2/t17-/m1/s1. The molecule has 3 rings (SSSR count). The molecule has 0 N–H and O–H groups in total. The van der Waals surface area contributed by atoms with Crippen LogP contribution in [0, 0.1) is 5.82 Å². The number of hydrogen-bond acceptors (Lipinski definition) is 2. The molecule has 120 valence electrons. The summed E-state index contributed by atoms with van der Waals surface area (Å²) >= 11 is 3.24. The Bertz CT molecular complexity index is 693. The summed E-state index contributed by atoms with van der Waals surface area (Å²) in [4.78, 5) is 18.5. The molecule has 1 atom stereocenters. The van der Waals surface area contributed by atoms with Crippen LogP contribution in [0.4, 0.5) is 4.39 Å². The van der Waals surface area contributed by atoms with E-state index in [-0.39, 0.29) is 17.8 Å². The highest BCUT2D eigenvalue weighted by Crippen LogP contribution is 2.32. The number of nitrogens with zero attached hydrogens (tertiary/aromatic N) is 2. The predicted octanol–water partition coefficient (Wildman–Crippen LogP) is 4.28. The molecular weight excluding hydrogens is 359 g/mol. The Labute approximate surface area is 143 Å². The number of likely N-dealkylation sites (tertiary alicyclic amines) is 1. The average Bonchev–Trinajstić information content (AvgIpc) is 3.04. The molecule has 1 aliphatic heterocycles. The van der Waals surface area contributed by atoms with Gasteiger partial charge in [0.15, 0.2) is 0 Å². The van der Waals surface area contributed by atoms with Crippen molar-refractivity contribution in [3.05, 3.63) is 64.1 Å². The number of halogens is 2. The summed E-state index contributed by atoms with van der Waals surface area (Å²) in [5.41, 5.74) is 1.71. The molecule has 0 radical (unpaired) electrons. The molecule has 2 heterocycles. The van der Waals surface area contributed by atoms with Crippen molar-refractivity contribution in [3.8, 4) is 0 Å². The van der Waals surface area contributed by atoms with Gasteiger partial charge in [-0.3, -0.25) is 9.78 Å². The number of amides is 1. The molecule has 1 saturated heterocycles. The largest absolute Gasteiger partial charge is 0.336 e. The van der Waals surface area contributed by atoms with Gasteiger partial charge < -0.3 is 4.90 Å². The van der Waals surface area contributed by atoms with Gasteiger partial charge in [-0.05, 0) is 54.7 Å². The van der Waals surface area contributed by atoms with Gasteiger partial charge in [-0.1, -0.05) is 22.0 Å². The summed E-state index contributed by atoms with van der Waals surface area (Å²) in [6.07, 6.45) is 6.26. The zero-order valence-corrected chi connectivity index (χ0v) is 14.3. The Kier molecular flexibility index (Phi) is 5.06. The van der Waals surface area contributed by atoms with Crippen molar-refractivity contribution in [2.24, 2.45) is 0 Å². The lowest BCUT2D eigenvalue weighted by atomic mass is 10.0. The maximum atomic E-state index is 13.9. The van der Waals surface area contributed by atoms with E-state index in [1.807, 2.05) is 17.0 Å². The minimum absolute atomic E-state index is 0.0895. The van der Waals surface area contributed by atoms with Crippen LogP contribution in [0.5, 0.6) is 0 Å². The average molecular weight is 377 g/mol. The van der Waals surface area contributed by atoms with Crippen LogP contribution < -0.4 is 0 Å². The Morgan fingerprint density at radius 1 is 1.30 bits per heavy atom. The number of aryl methyl sites for hydroxylation is 1. The molecule has 2 aromatic rings. The quantitative estimate of drug-likeness (QED) is 0.797. The van der Waals surface area contributed by atoms with Crippen LogP contribution in [0.15, 0.2) is 47.2 Å². The zero-order chi connectivity index (χ0) is 16.2. The molecule has 0 saturated carbocycles. The third-order valence-electron chi connectivity index (χ3n) is 4.29. The van der Waals surface area contributed by atoms with Crippen LogP contribution in [0.25, 0.3) is 0 Å². The first kappa shape index (κ1) is 16.1. The predicted molar refractivity (Wildman–Crippen MR) is 90.3 cm³/mol. The van der Waals surface area contributed by atoms with Gasteiger partial charge in [0, 0.05) is 29.8 Å². The van der Waals surface area contributed by atoms with Crippen molar-refractivity contribution in [3.63, 3.8) is 0 Å². The second kappa shape index (κ2) is 7.21. The summed E-state index contributed by atoms with van der Waals surface area (Å²) < 4.78 is 14.6. The molecular formula is C18H18BrFN2O. The van der Waals surface area contributed by atoms with Crippen molar-refractivity contribution < 1.29 is 9.18 Å². The van der Waals surface area contributed by atoms with Crippen molar-refractivity contribution in [2.75, 3.05) is 6.54 Å². The fraction of sp³-hybridized carbons (Fsp3) is 0.333. The first-order valence-electron chi connectivity index (χ1n) is 7.78. The highest BCUT2D eigenvalue weighted by atomic mass is 79.9. The molecule has 23 heavy (non-hydrogen) atoms. The van der Waals surface area contributed by atoms with Crippen molar-refractivity contribution >= 4 is 21.8 Å². The first-order chi connectivity index (χ1) is 11.1. The zero-order valence-electron chi connectivity index (χ0n) is 12.7. The minimum Gasteiger partial charge on any atom is -0.336 e. The normalized spacial score (nSPS) is 17.5. The van der Waals surface area contributed by atoms with E-state index in [4.69, 9.17) is 0 Å². The lowest BCUT2D eigenvalue weighted by Gasteiger charge is -2.25. The maximum absolute atomic E-state index is 13.9.